The Balaban J connectivity index is 1.84. The number of carboxylic acid groups (broad SMARTS) is 2. The van der Waals surface area contributed by atoms with Gasteiger partial charge >= 0.3 is 18.0 Å². The maximum atomic E-state index is 12.1. The van der Waals surface area contributed by atoms with Gasteiger partial charge in [0.15, 0.2) is 0 Å². The SMILES string of the molecule is O=C(O)CN1C(=O)N/C(=C/c2ccc(-c3ccc(C(=O)O)c(Cl)c3)o2)C1=O. The summed E-state index contributed by atoms with van der Waals surface area (Å²) in [6.45, 7) is -0.750. The Labute approximate surface area is 156 Å². The van der Waals surface area contributed by atoms with E-state index in [0.29, 0.717) is 16.2 Å². The zero-order valence-electron chi connectivity index (χ0n) is 13.4. The van der Waals surface area contributed by atoms with Crippen molar-refractivity contribution in [2.24, 2.45) is 0 Å². The Hall–Kier alpha value is -3.59. The van der Waals surface area contributed by atoms with Crippen LogP contribution >= 0.6 is 11.6 Å². The van der Waals surface area contributed by atoms with Crippen LogP contribution in [0.4, 0.5) is 4.79 Å². The number of aliphatic carboxylic acids is 1. The molecule has 27 heavy (non-hydrogen) atoms. The molecule has 0 saturated carbocycles. The standard InChI is InChI=1S/C17H11ClN2O7/c18-11-5-8(1-3-10(11)16(24)25)13-4-2-9(27-13)6-12-15(23)20(7-14(21)22)17(26)19-12/h1-6H,7H2,(H,19,26)(H,21,22)(H,24,25)/b12-6+. The quantitative estimate of drug-likeness (QED) is 0.526. The summed E-state index contributed by atoms with van der Waals surface area (Å²) in [4.78, 5) is 46.0. The minimum absolute atomic E-state index is 0.0406. The van der Waals surface area contributed by atoms with Gasteiger partial charge in [-0.3, -0.25) is 9.59 Å². The van der Waals surface area contributed by atoms with Crippen molar-refractivity contribution in [2.75, 3.05) is 6.54 Å². The van der Waals surface area contributed by atoms with E-state index in [1.807, 2.05) is 0 Å². The van der Waals surface area contributed by atoms with Crippen molar-refractivity contribution in [1.82, 2.24) is 10.2 Å². The number of benzene rings is 1. The molecular weight excluding hydrogens is 380 g/mol. The van der Waals surface area contributed by atoms with Crippen molar-refractivity contribution in [3.05, 3.63) is 52.4 Å². The normalized spacial score (nSPS) is 15.3. The van der Waals surface area contributed by atoms with Gasteiger partial charge in [0, 0.05) is 11.6 Å². The van der Waals surface area contributed by atoms with E-state index in [2.05, 4.69) is 5.32 Å². The second-order valence-electron chi connectivity index (χ2n) is 5.47. The van der Waals surface area contributed by atoms with Crippen molar-refractivity contribution in [3.63, 3.8) is 0 Å². The molecule has 1 aliphatic heterocycles. The molecule has 1 aromatic heterocycles. The summed E-state index contributed by atoms with van der Waals surface area (Å²) in [7, 11) is 0. The van der Waals surface area contributed by atoms with Gasteiger partial charge in [-0.25, -0.2) is 14.5 Å². The number of urea groups is 1. The van der Waals surface area contributed by atoms with Crippen molar-refractivity contribution < 1.29 is 33.8 Å². The number of hydrogen-bond donors (Lipinski definition) is 3. The molecule has 0 spiro atoms. The largest absolute Gasteiger partial charge is 0.480 e. The number of imide groups is 1. The summed E-state index contributed by atoms with van der Waals surface area (Å²) >= 11 is 5.93. The van der Waals surface area contributed by atoms with Gasteiger partial charge in [-0.1, -0.05) is 17.7 Å². The Kier molecular flexibility index (Phi) is 4.70. The minimum atomic E-state index is -1.32. The van der Waals surface area contributed by atoms with Crippen LogP contribution in [0, 0.1) is 0 Å². The third kappa shape index (κ3) is 3.67. The molecule has 0 radical (unpaired) electrons. The maximum Gasteiger partial charge on any atom is 0.337 e. The number of halogens is 1. The Morgan fingerprint density at radius 3 is 2.56 bits per heavy atom. The average Bonchev–Trinajstić information content (AvgIpc) is 3.15. The lowest BCUT2D eigenvalue weighted by atomic mass is 10.1. The van der Waals surface area contributed by atoms with Crippen molar-refractivity contribution in [3.8, 4) is 11.3 Å². The monoisotopic (exact) mass is 390 g/mol. The number of furan rings is 1. The van der Waals surface area contributed by atoms with E-state index in [-0.39, 0.29) is 22.0 Å². The number of amides is 3. The molecule has 3 N–H and O–H groups in total. The molecule has 3 amide bonds. The van der Waals surface area contributed by atoms with Gasteiger partial charge in [0.25, 0.3) is 5.91 Å². The molecule has 0 unspecified atom stereocenters. The first-order valence-corrected chi connectivity index (χ1v) is 7.83. The smallest absolute Gasteiger partial charge is 0.337 e. The Morgan fingerprint density at radius 2 is 1.93 bits per heavy atom. The summed E-state index contributed by atoms with van der Waals surface area (Å²) in [5, 5.41) is 20.0. The van der Waals surface area contributed by atoms with E-state index in [4.69, 9.17) is 26.2 Å². The first-order valence-electron chi connectivity index (χ1n) is 7.45. The molecule has 3 rings (SSSR count). The highest BCUT2D eigenvalue weighted by atomic mass is 35.5. The average molecular weight is 391 g/mol. The molecule has 1 aromatic carbocycles. The molecule has 138 valence electrons. The number of aromatic carboxylic acids is 1. The fourth-order valence-electron chi connectivity index (χ4n) is 2.42. The highest BCUT2D eigenvalue weighted by molar-refractivity contribution is 6.33. The van der Waals surface area contributed by atoms with Gasteiger partial charge in [-0.2, -0.15) is 0 Å². The van der Waals surface area contributed by atoms with Crippen LogP contribution in [0.1, 0.15) is 16.1 Å². The van der Waals surface area contributed by atoms with Crippen molar-refractivity contribution >= 4 is 41.6 Å². The third-order valence-corrected chi connectivity index (χ3v) is 3.97. The zero-order chi connectivity index (χ0) is 19.7. The zero-order valence-corrected chi connectivity index (χ0v) is 14.2. The summed E-state index contributed by atoms with van der Waals surface area (Å²) in [5.41, 5.74) is 0.345. The van der Waals surface area contributed by atoms with Crippen molar-refractivity contribution in [1.29, 1.82) is 0 Å². The van der Waals surface area contributed by atoms with E-state index in [1.165, 1.54) is 30.3 Å². The fraction of sp³-hybridized carbons (Fsp3) is 0.0588. The first-order chi connectivity index (χ1) is 12.8. The molecule has 10 heteroatoms. The number of nitrogens with one attached hydrogen (secondary N) is 1. The minimum Gasteiger partial charge on any atom is -0.480 e. The summed E-state index contributed by atoms with van der Waals surface area (Å²) < 4.78 is 5.57. The lowest BCUT2D eigenvalue weighted by Crippen LogP contribution is -2.35. The van der Waals surface area contributed by atoms with Crippen LogP contribution in [-0.4, -0.2) is 45.5 Å². The fourth-order valence-corrected chi connectivity index (χ4v) is 2.68. The molecule has 0 atom stereocenters. The van der Waals surface area contributed by atoms with Gasteiger partial charge in [0.1, 0.15) is 23.8 Å². The number of carboxylic acids is 2. The van der Waals surface area contributed by atoms with Gasteiger partial charge in [-0.05, 0) is 24.3 Å². The van der Waals surface area contributed by atoms with Gasteiger partial charge in [0.2, 0.25) is 0 Å². The number of nitrogens with zero attached hydrogens (tertiary/aromatic N) is 1. The van der Waals surface area contributed by atoms with Crippen LogP contribution in [0.2, 0.25) is 5.02 Å². The van der Waals surface area contributed by atoms with E-state index < -0.39 is 30.4 Å². The van der Waals surface area contributed by atoms with Crippen LogP contribution in [0.25, 0.3) is 17.4 Å². The van der Waals surface area contributed by atoms with E-state index in [0.717, 1.165) is 0 Å². The van der Waals surface area contributed by atoms with Gasteiger partial charge < -0.3 is 19.9 Å². The lowest BCUT2D eigenvalue weighted by molar-refractivity contribution is -0.140. The Bertz CT molecular complexity index is 1010. The molecule has 0 bridgehead atoms. The number of carbonyl (C=O) groups is 4. The summed E-state index contributed by atoms with van der Waals surface area (Å²) in [6.07, 6.45) is 1.26. The topological polar surface area (TPSA) is 137 Å². The molecule has 9 nitrogen and oxygen atoms in total. The molecule has 1 saturated heterocycles. The van der Waals surface area contributed by atoms with Crippen LogP contribution < -0.4 is 5.32 Å². The van der Waals surface area contributed by atoms with E-state index >= 15 is 0 Å². The van der Waals surface area contributed by atoms with E-state index in [1.54, 1.807) is 6.07 Å². The molecule has 1 aliphatic rings. The van der Waals surface area contributed by atoms with Crippen LogP contribution in [0.3, 0.4) is 0 Å². The second kappa shape index (κ2) is 6.96. The van der Waals surface area contributed by atoms with Crippen LogP contribution in [0.5, 0.6) is 0 Å². The third-order valence-electron chi connectivity index (χ3n) is 3.65. The molecule has 1 fully saturated rings. The van der Waals surface area contributed by atoms with Crippen LogP contribution in [0.15, 0.2) is 40.4 Å². The summed E-state index contributed by atoms with van der Waals surface area (Å²) in [6, 6.07) is 6.55. The highest BCUT2D eigenvalue weighted by Crippen LogP contribution is 2.28. The molecular formula is C17H11ClN2O7. The van der Waals surface area contributed by atoms with Crippen LogP contribution in [-0.2, 0) is 9.59 Å². The van der Waals surface area contributed by atoms with Gasteiger partial charge in [0.05, 0.1) is 10.6 Å². The maximum absolute atomic E-state index is 12.1. The molecule has 2 aromatic rings. The molecule has 2 heterocycles. The number of carbonyl (C=O) groups excluding carboxylic acids is 2. The summed E-state index contributed by atoms with van der Waals surface area (Å²) in [5.74, 6) is -2.67. The Morgan fingerprint density at radius 1 is 1.19 bits per heavy atom. The first kappa shape index (κ1) is 18.2. The number of rotatable bonds is 5. The van der Waals surface area contributed by atoms with Crippen molar-refractivity contribution in [2.45, 2.75) is 0 Å². The predicted molar refractivity (Wildman–Crippen MR) is 92.0 cm³/mol. The molecule has 0 aliphatic carbocycles. The second-order valence-corrected chi connectivity index (χ2v) is 5.88. The van der Waals surface area contributed by atoms with E-state index in [9.17, 15) is 19.2 Å². The highest BCUT2D eigenvalue weighted by Gasteiger charge is 2.35. The lowest BCUT2D eigenvalue weighted by Gasteiger charge is -2.06. The van der Waals surface area contributed by atoms with Gasteiger partial charge in [-0.15, -0.1) is 0 Å². The number of hydrogen-bond acceptors (Lipinski definition) is 5. The predicted octanol–water partition coefficient (Wildman–Crippen LogP) is 2.28.